The van der Waals surface area contributed by atoms with E-state index in [0.717, 1.165) is 17.2 Å². The molecule has 0 bridgehead atoms. The van der Waals surface area contributed by atoms with Crippen LogP contribution in [0.15, 0.2) is 29.2 Å². The van der Waals surface area contributed by atoms with Crippen LogP contribution in [0.1, 0.15) is 35.0 Å². The monoisotopic (exact) mass is 289 g/mol. The summed E-state index contributed by atoms with van der Waals surface area (Å²) in [6.45, 7) is 0.856. The lowest BCUT2D eigenvalue weighted by molar-refractivity contribution is 0.461. The number of hydrogen-bond donors (Lipinski definition) is 1. The van der Waals surface area contributed by atoms with Gasteiger partial charge in [0.25, 0.3) is 0 Å². The second-order valence-corrected chi connectivity index (χ2v) is 6.82. The van der Waals surface area contributed by atoms with Gasteiger partial charge in [0.15, 0.2) is 4.96 Å². The van der Waals surface area contributed by atoms with Gasteiger partial charge in [-0.3, -0.25) is 4.40 Å². The van der Waals surface area contributed by atoms with Crippen molar-refractivity contribution in [2.24, 2.45) is 0 Å². The quantitative estimate of drug-likeness (QED) is 0.798. The van der Waals surface area contributed by atoms with E-state index < -0.39 is 0 Å². The first-order valence-corrected chi connectivity index (χ1v) is 8.37. The Labute approximate surface area is 119 Å². The van der Waals surface area contributed by atoms with Gasteiger partial charge in [0.1, 0.15) is 0 Å². The van der Waals surface area contributed by atoms with E-state index >= 15 is 0 Å². The highest BCUT2D eigenvalue weighted by Crippen LogP contribution is 2.33. The normalized spacial score (nSPS) is 18.8. The van der Waals surface area contributed by atoms with Gasteiger partial charge in [-0.05, 0) is 36.3 Å². The Morgan fingerprint density at radius 3 is 3.32 bits per heavy atom. The van der Waals surface area contributed by atoms with Crippen LogP contribution in [0.25, 0.3) is 4.96 Å². The molecular weight excluding hydrogens is 274 g/mol. The lowest BCUT2D eigenvalue weighted by atomic mass is 9.94. The fourth-order valence-corrected chi connectivity index (χ4v) is 4.49. The Hall–Kier alpha value is -1.17. The highest BCUT2D eigenvalue weighted by atomic mass is 32.1. The Morgan fingerprint density at radius 1 is 1.37 bits per heavy atom. The molecule has 0 saturated heterocycles. The maximum atomic E-state index is 4.62. The molecule has 1 N–H and O–H groups in total. The van der Waals surface area contributed by atoms with Gasteiger partial charge in [0, 0.05) is 35.2 Å². The van der Waals surface area contributed by atoms with Crippen LogP contribution < -0.4 is 5.32 Å². The van der Waals surface area contributed by atoms with Gasteiger partial charge < -0.3 is 5.32 Å². The number of aryl methyl sites for hydroxylation is 1. The first-order valence-electron chi connectivity index (χ1n) is 6.61. The minimum atomic E-state index is 0.509. The molecular formula is C14H15N3S2. The number of imidazole rings is 1. The zero-order valence-corrected chi connectivity index (χ0v) is 12.1. The lowest BCUT2D eigenvalue weighted by Gasteiger charge is -2.23. The summed E-state index contributed by atoms with van der Waals surface area (Å²) in [6.07, 6.45) is 7.98. The molecule has 1 atom stereocenters. The molecule has 3 nitrogen and oxygen atoms in total. The molecule has 3 heterocycles. The molecule has 5 heteroatoms. The molecule has 3 aromatic heterocycles. The van der Waals surface area contributed by atoms with Crippen molar-refractivity contribution in [2.75, 3.05) is 0 Å². The summed E-state index contributed by atoms with van der Waals surface area (Å²) in [6, 6.07) is 2.79. The van der Waals surface area contributed by atoms with Crippen LogP contribution in [0.2, 0.25) is 0 Å². The number of fused-ring (bicyclic) bond motifs is 2. The third-order valence-electron chi connectivity index (χ3n) is 3.72. The molecule has 98 valence electrons. The van der Waals surface area contributed by atoms with E-state index in [1.165, 1.54) is 24.8 Å². The smallest absolute Gasteiger partial charge is 0.193 e. The second kappa shape index (κ2) is 4.74. The molecule has 0 aliphatic heterocycles. The van der Waals surface area contributed by atoms with Crippen LogP contribution in [0.4, 0.5) is 0 Å². The van der Waals surface area contributed by atoms with Crippen molar-refractivity contribution in [1.82, 2.24) is 14.7 Å². The third-order valence-corrected chi connectivity index (χ3v) is 5.49. The van der Waals surface area contributed by atoms with Crippen LogP contribution in [0, 0.1) is 0 Å². The van der Waals surface area contributed by atoms with E-state index in [4.69, 9.17) is 0 Å². The summed E-state index contributed by atoms with van der Waals surface area (Å²) in [4.78, 5) is 7.27. The number of thiophene rings is 1. The molecule has 3 aromatic rings. The Morgan fingerprint density at radius 2 is 2.37 bits per heavy atom. The van der Waals surface area contributed by atoms with Gasteiger partial charge >= 0.3 is 0 Å². The van der Waals surface area contributed by atoms with Crippen molar-refractivity contribution in [3.8, 4) is 0 Å². The fraction of sp³-hybridized carbons (Fsp3) is 0.357. The Kier molecular flexibility index (Phi) is 2.90. The topological polar surface area (TPSA) is 29.3 Å². The summed E-state index contributed by atoms with van der Waals surface area (Å²) in [5.74, 6) is 0. The van der Waals surface area contributed by atoms with Crippen molar-refractivity contribution in [3.63, 3.8) is 0 Å². The van der Waals surface area contributed by atoms with Crippen LogP contribution in [-0.4, -0.2) is 9.38 Å². The summed E-state index contributed by atoms with van der Waals surface area (Å²) in [5, 5.41) is 7.95. The molecule has 0 fully saturated rings. The number of aromatic nitrogens is 2. The molecule has 4 rings (SSSR count). The number of thiazole rings is 1. The maximum Gasteiger partial charge on any atom is 0.193 e. The minimum Gasteiger partial charge on any atom is -0.304 e. The molecule has 1 unspecified atom stereocenters. The standard InChI is InChI=1S/C14H15N3S2/c1-2-12(11-4-6-18-13(11)3-1)15-8-10-9-17-5-7-19-14(17)16-10/h4-7,9,12,15H,1-3,8H2. The first-order chi connectivity index (χ1) is 9.40. The van der Waals surface area contributed by atoms with Crippen molar-refractivity contribution in [2.45, 2.75) is 31.8 Å². The summed E-state index contributed by atoms with van der Waals surface area (Å²) < 4.78 is 2.10. The molecule has 0 saturated carbocycles. The SMILES string of the molecule is c1cc2c(s1)CCCC2NCc1cn2ccsc2n1. The van der Waals surface area contributed by atoms with E-state index in [0.29, 0.717) is 6.04 Å². The maximum absolute atomic E-state index is 4.62. The number of nitrogens with zero attached hydrogens (tertiary/aromatic N) is 2. The van der Waals surface area contributed by atoms with Gasteiger partial charge in [0.05, 0.1) is 5.69 Å². The predicted molar refractivity (Wildman–Crippen MR) is 79.9 cm³/mol. The summed E-state index contributed by atoms with van der Waals surface area (Å²) >= 11 is 3.58. The van der Waals surface area contributed by atoms with E-state index in [9.17, 15) is 0 Å². The van der Waals surface area contributed by atoms with E-state index in [2.05, 4.69) is 43.9 Å². The minimum absolute atomic E-state index is 0.509. The summed E-state index contributed by atoms with van der Waals surface area (Å²) in [5.41, 5.74) is 2.64. The third kappa shape index (κ3) is 2.12. The van der Waals surface area contributed by atoms with E-state index in [1.54, 1.807) is 16.2 Å². The van der Waals surface area contributed by atoms with Crippen molar-refractivity contribution in [3.05, 3.63) is 45.4 Å². The van der Waals surface area contributed by atoms with E-state index in [-0.39, 0.29) is 0 Å². The zero-order chi connectivity index (χ0) is 12.7. The second-order valence-electron chi connectivity index (χ2n) is 4.95. The lowest BCUT2D eigenvalue weighted by Crippen LogP contribution is -2.23. The molecule has 1 aliphatic rings. The number of rotatable bonds is 3. The van der Waals surface area contributed by atoms with E-state index in [1.807, 2.05) is 11.3 Å². The average Bonchev–Trinajstić information content (AvgIpc) is 3.10. The molecule has 19 heavy (non-hydrogen) atoms. The van der Waals surface area contributed by atoms with Gasteiger partial charge in [-0.25, -0.2) is 4.98 Å². The average molecular weight is 289 g/mol. The van der Waals surface area contributed by atoms with Crippen molar-refractivity contribution in [1.29, 1.82) is 0 Å². The molecule has 0 radical (unpaired) electrons. The van der Waals surface area contributed by atoms with Crippen LogP contribution >= 0.6 is 22.7 Å². The highest BCUT2D eigenvalue weighted by Gasteiger charge is 2.20. The molecule has 1 aliphatic carbocycles. The summed E-state index contributed by atoms with van der Waals surface area (Å²) in [7, 11) is 0. The highest BCUT2D eigenvalue weighted by molar-refractivity contribution is 7.15. The van der Waals surface area contributed by atoms with Gasteiger partial charge in [-0.1, -0.05) is 0 Å². The molecule has 0 spiro atoms. The predicted octanol–water partition coefficient (Wildman–Crippen LogP) is 3.62. The van der Waals surface area contributed by atoms with Crippen LogP contribution in [0.3, 0.4) is 0 Å². The van der Waals surface area contributed by atoms with Crippen LogP contribution in [-0.2, 0) is 13.0 Å². The number of hydrogen-bond acceptors (Lipinski definition) is 4. The fourth-order valence-electron chi connectivity index (χ4n) is 2.79. The van der Waals surface area contributed by atoms with Gasteiger partial charge in [0.2, 0.25) is 0 Å². The Balaban J connectivity index is 1.50. The largest absolute Gasteiger partial charge is 0.304 e. The van der Waals surface area contributed by atoms with Gasteiger partial charge in [-0.2, -0.15) is 0 Å². The number of nitrogens with one attached hydrogen (secondary N) is 1. The van der Waals surface area contributed by atoms with Crippen molar-refractivity contribution >= 4 is 27.6 Å². The van der Waals surface area contributed by atoms with Gasteiger partial charge in [-0.15, -0.1) is 22.7 Å². The Bertz CT molecular complexity index is 666. The first kappa shape index (κ1) is 11.6. The van der Waals surface area contributed by atoms with Crippen LogP contribution in [0.5, 0.6) is 0 Å². The molecule has 0 aromatic carbocycles. The molecule has 0 amide bonds. The van der Waals surface area contributed by atoms with Crippen molar-refractivity contribution < 1.29 is 0 Å². The zero-order valence-electron chi connectivity index (χ0n) is 10.5.